The van der Waals surface area contributed by atoms with Crippen molar-refractivity contribution in [1.82, 2.24) is 0 Å². The van der Waals surface area contributed by atoms with Gasteiger partial charge >= 0.3 is 5.97 Å². The Morgan fingerprint density at radius 3 is 2.36 bits per heavy atom. The van der Waals surface area contributed by atoms with Crippen LogP contribution in [0.3, 0.4) is 0 Å². The van der Waals surface area contributed by atoms with E-state index in [1.807, 2.05) is 6.07 Å². The second-order valence-corrected chi connectivity index (χ2v) is 7.15. The number of carbonyl (C=O) groups is 1. The number of ether oxygens (including phenoxy) is 1. The predicted octanol–water partition coefficient (Wildman–Crippen LogP) is 2.48. The van der Waals surface area contributed by atoms with Crippen molar-refractivity contribution in [1.29, 1.82) is 0 Å². The Morgan fingerprint density at radius 1 is 1.09 bits per heavy atom. The summed E-state index contributed by atoms with van der Waals surface area (Å²) in [6.45, 7) is 0.104. The molecule has 0 bridgehead atoms. The predicted molar refractivity (Wildman–Crippen MR) is 84.0 cm³/mol. The van der Waals surface area contributed by atoms with Gasteiger partial charge < -0.3 is 9.84 Å². The lowest BCUT2D eigenvalue weighted by Crippen LogP contribution is -2.11. The van der Waals surface area contributed by atoms with Crippen molar-refractivity contribution in [2.75, 3.05) is 18.6 Å². The van der Waals surface area contributed by atoms with Gasteiger partial charge in [-0.3, -0.25) is 0 Å². The van der Waals surface area contributed by atoms with Crippen LogP contribution in [-0.4, -0.2) is 38.1 Å². The molecule has 0 aliphatic heterocycles. The molecule has 6 heteroatoms. The second kappa shape index (κ2) is 6.62. The third-order valence-electron chi connectivity index (χ3n) is 3.02. The summed E-state index contributed by atoms with van der Waals surface area (Å²) in [6.07, 6.45) is 1.16. The maximum Gasteiger partial charge on any atom is 0.335 e. The number of benzene rings is 2. The lowest BCUT2D eigenvalue weighted by Gasteiger charge is -2.07. The lowest BCUT2D eigenvalue weighted by molar-refractivity contribution is 0.0697. The molecule has 1 N–H and O–H groups in total. The molecule has 0 atom stereocenters. The second-order valence-electron chi connectivity index (χ2n) is 4.89. The Kier molecular flexibility index (Phi) is 4.82. The zero-order chi connectivity index (χ0) is 16.2. The van der Waals surface area contributed by atoms with Gasteiger partial charge in [-0.15, -0.1) is 0 Å². The Labute approximate surface area is 129 Å². The third kappa shape index (κ3) is 4.60. The molecule has 0 radical (unpaired) electrons. The van der Waals surface area contributed by atoms with E-state index < -0.39 is 15.8 Å². The Bertz CT molecular complexity index is 763. The van der Waals surface area contributed by atoms with E-state index in [0.717, 1.165) is 17.4 Å². The molecule has 0 heterocycles. The van der Waals surface area contributed by atoms with Crippen LogP contribution in [0.25, 0.3) is 11.1 Å². The van der Waals surface area contributed by atoms with Crippen molar-refractivity contribution >= 4 is 15.8 Å². The summed E-state index contributed by atoms with van der Waals surface area (Å²) >= 11 is 0. The number of carboxylic acids is 1. The van der Waals surface area contributed by atoms with Gasteiger partial charge in [0, 0.05) is 6.26 Å². The summed E-state index contributed by atoms with van der Waals surface area (Å²) in [6, 6.07) is 13.7. The average molecular weight is 320 g/mol. The minimum absolute atomic E-state index is 0.0323. The van der Waals surface area contributed by atoms with Crippen LogP contribution < -0.4 is 4.74 Å². The molecule has 0 saturated carbocycles. The van der Waals surface area contributed by atoms with Crippen molar-refractivity contribution in [3.8, 4) is 16.9 Å². The van der Waals surface area contributed by atoms with E-state index in [2.05, 4.69) is 0 Å². The van der Waals surface area contributed by atoms with Crippen molar-refractivity contribution in [2.24, 2.45) is 0 Å². The molecule has 0 unspecified atom stereocenters. The van der Waals surface area contributed by atoms with Gasteiger partial charge in [0.05, 0.1) is 11.3 Å². The highest BCUT2D eigenvalue weighted by molar-refractivity contribution is 7.90. The van der Waals surface area contributed by atoms with Crippen LogP contribution in [0.5, 0.6) is 5.75 Å². The molecule has 0 saturated heterocycles. The van der Waals surface area contributed by atoms with Crippen molar-refractivity contribution in [2.45, 2.75) is 0 Å². The quantitative estimate of drug-likeness (QED) is 0.884. The minimum atomic E-state index is -3.04. The van der Waals surface area contributed by atoms with E-state index in [-0.39, 0.29) is 17.9 Å². The van der Waals surface area contributed by atoms with Gasteiger partial charge in [-0.2, -0.15) is 0 Å². The molecular weight excluding hydrogens is 304 g/mol. The van der Waals surface area contributed by atoms with Gasteiger partial charge in [0.2, 0.25) is 0 Å². The Hall–Kier alpha value is -2.34. The molecule has 0 fully saturated rings. The number of rotatable bonds is 6. The molecular formula is C16H16O5S. The summed E-state index contributed by atoms with van der Waals surface area (Å²) in [5.74, 6) is -0.431. The summed E-state index contributed by atoms with van der Waals surface area (Å²) < 4.78 is 27.4. The van der Waals surface area contributed by atoms with E-state index in [1.54, 1.807) is 36.4 Å². The first-order valence-corrected chi connectivity index (χ1v) is 8.65. The molecule has 2 aromatic rings. The summed E-state index contributed by atoms with van der Waals surface area (Å²) in [4.78, 5) is 11.0. The van der Waals surface area contributed by atoms with Gasteiger partial charge in [0.15, 0.2) is 9.84 Å². The van der Waals surface area contributed by atoms with Crippen LogP contribution in [0.2, 0.25) is 0 Å². The number of carboxylic acid groups (broad SMARTS) is 1. The molecule has 0 aromatic heterocycles. The summed E-state index contributed by atoms with van der Waals surface area (Å²) in [5.41, 5.74) is 1.88. The van der Waals surface area contributed by atoms with E-state index >= 15 is 0 Å². The van der Waals surface area contributed by atoms with Crippen LogP contribution in [0, 0.1) is 0 Å². The molecule has 116 valence electrons. The largest absolute Gasteiger partial charge is 0.493 e. The first-order valence-electron chi connectivity index (χ1n) is 6.59. The number of sulfone groups is 1. The van der Waals surface area contributed by atoms with Crippen molar-refractivity contribution < 1.29 is 23.1 Å². The first kappa shape index (κ1) is 16.0. The molecule has 2 rings (SSSR count). The van der Waals surface area contributed by atoms with Crippen LogP contribution >= 0.6 is 0 Å². The van der Waals surface area contributed by atoms with Crippen LogP contribution in [-0.2, 0) is 9.84 Å². The van der Waals surface area contributed by atoms with E-state index in [4.69, 9.17) is 9.84 Å². The maximum absolute atomic E-state index is 11.0. The molecule has 22 heavy (non-hydrogen) atoms. The van der Waals surface area contributed by atoms with Gasteiger partial charge in [-0.1, -0.05) is 24.3 Å². The maximum atomic E-state index is 11.0. The van der Waals surface area contributed by atoms with Crippen LogP contribution in [0.15, 0.2) is 48.5 Å². The topological polar surface area (TPSA) is 80.7 Å². The standard InChI is InChI=1S/C16H16O5S/c1-22(19,20)10-9-21-15-7-5-12(6-8-15)13-3-2-4-14(11-13)16(17)18/h2-8,11H,9-10H2,1H3,(H,17,18). The fourth-order valence-electron chi connectivity index (χ4n) is 1.89. The summed E-state index contributed by atoms with van der Waals surface area (Å²) in [5, 5.41) is 8.99. The number of hydrogen-bond donors (Lipinski definition) is 1. The normalized spacial score (nSPS) is 11.1. The highest BCUT2D eigenvalue weighted by Crippen LogP contribution is 2.23. The van der Waals surface area contributed by atoms with E-state index in [1.165, 1.54) is 6.07 Å². The van der Waals surface area contributed by atoms with Crippen LogP contribution in [0.1, 0.15) is 10.4 Å². The SMILES string of the molecule is CS(=O)(=O)CCOc1ccc(-c2cccc(C(=O)O)c2)cc1. The van der Waals surface area contributed by atoms with Gasteiger partial charge in [-0.25, -0.2) is 13.2 Å². The molecule has 5 nitrogen and oxygen atoms in total. The average Bonchev–Trinajstić information content (AvgIpc) is 2.47. The lowest BCUT2D eigenvalue weighted by atomic mass is 10.0. The van der Waals surface area contributed by atoms with Crippen LogP contribution in [0.4, 0.5) is 0 Å². The monoisotopic (exact) mass is 320 g/mol. The third-order valence-corrected chi connectivity index (χ3v) is 3.93. The van der Waals surface area contributed by atoms with E-state index in [9.17, 15) is 13.2 Å². The van der Waals surface area contributed by atoms with Crippen molar-refractivity contribution in [3.63, 3.8) is 0 Å². The molecule has 0 aliphatic carbocycles. The van der Waals surface area contributed by atoms with Crippen molar-refractivity contribution in [3.05, 3.63) is 54.1 Å². The number of aromatic carboxylic acids is 1. The highest BCUT2D eigenvalue weighted by atomic mass is 32.2. The molecule has 0 aliphatic rings. The number of hydrogen-bond acceptors (Lipinski definition) is 4. The fraction of sp³-hybridized carbons (Fsp3) is 0.188. The minimum Gasteiger partial charge on any atom is -0.493 e. The van der Waals surface area contributed by atoms with E-state index in [0.29, 0.717) is 5.75 Å². The Balaban J connectivity index is 2.08. The first-order chi connectivity index (χ1) is 10.3. The highest BCUT2D eigenvalue weighted by Gasteiger charge is 2.06. The van der Waals surface area contributed by atoms with Gasteiger partial charge in [0.25, 0.3) is 0 Å². The fourth-order valence-corrected chi connectivity index (χ4v) is 2.27. The molecule has 2 aromatic carbocycles. The zero-order valence-electron chi connectivity index (χ0n) is 12.0. The summed E-state index contributed by atoms with van der Waals surface area (Å²) in [7, 11) is -3.04. The Morgan fingerprint density at radius 2 is 1.77 bits per heavy atom. The van der Waals surface area contributed by atoms with Gasteiger partial charge in [-0.05, 0) is 35.4 Å². The molecule has 0 spiro atoms. The van der Waals surface area contributed by atoms with Gasteiger partial charge in [0.1, 0.15) is 12.4 Å². The molecule has 0 amide bonds. The zero-order valence-corrected chi connectivity index (χ0v) is 12.8. The smallest absolute Gasteiger partial charge is 0.335 e.